The summed E-state index contributed by atoms with van der Waals surface area (Å²) in [6.45, 7) is 0. The number of fused-ring (bicyclic) bond motifs is 14. The van der Waals surface area contributed by atoms with Crippen LogP contribution >= 0.6 is 0 Å². The smallest absolute Gasteiger partial charge is 0.0725 e. The van der Waals surface area contributed by atoms with E-state index in [0.29, 0.717) is 0 Å². The van der Waals surface area contributed by atoms with Crippen LogP contribution in [0.15, 0.2) is 267 Å². The Labute approximate surface area is 415 Å². The second-order valence-corrected chi connectivity index (χ2v) is 18.8. The van der Waals surface area contributed by atoms with Crippen molar-refractivity contribution in [1.82, 2.24) is 0 Å². The Kier molecular flexibility index (Phi) is 9.47. The fourth-order valence-corrected chi connectivity index (χ4v) is 11.9. The molecule has 1 heterocycles. The van der Waals surface area contributed by atoms with Gasteiger partial charge in [0.15, 0.2) is 0 Å². The summed E-state index contributed by atoms with van der Waals surface area (Å²) in [6, 6.07) is 98.4. The minimum atomic E-state index is -0.448. The third-order valence-corrected chi connectivity index (χ3v) is 15.1. The normalized spacial score (nSPS) is 13.1. The van der Waals surface area contributed by atoms with Crippen molar-refractivity contribution < 1.29 is 0 Å². The van der Waals surface area contributed by atoms with E-state index < -0.39 is 5.41 Å². The third kappa shape index (κ3) is 6.42. The minimum Gasteiger partial charge on any atom is -0.310 e. The Morgan fingerprint density at radius 2 is 0.718 bits per heavy atom. The molecule has 0 aromatic heterocycles. The largest absolute Gasteiger partial charge is 0.310 e. The molecule has 332 valence electrons. The molecule has 14 rings (SSSR count). The van der Waals surface area contributed by atoms with E-state index in [9.17, 15) is 0 Å². The van der Waals surface area contributed by atoms with E-state index in [0.717, 1.165) is 34.1 Å². The summed E-state index contributed by atoms with van der Waals surface area (Å²) in [7, 11) is 0. The van der Waals surface area contributed by atoms with Crippen LogP contribution in [-0.2, 0) is 5.41 Å². The first-order chi connectivity index (χ1) is 35.2. The summed E-state index contributed by atoms with van der Waals surface area (Å²) in [6.07, 6.45) is 4.59. The standard InChI is InChI=1S/C69H46N2/c1-3-17-47(18-4-1)48-33-38-54(39-34-48)70(56-42-44-68-62(46-56)58-24-10-9-23-57(58)60-26-12-16-30-67(60)71(68)53-21-5-2-6-22-53)55-40-35-49(36-41-55)52-37-43-66-61(45-52)59-25-11-15-29-65(59)69(66)63-27-13-7-19-50(63)31-32-51-20-8-14-28-64(51)69/h1-46H. The maximum absolute atomic E-state index is 2.43. The monoisotopic (exact) mass is 902 g/mol. The van der Waals surface area contributed by atoms with Crippen molar-refractivity contribution in [2.75, 3.05) is 9.80 Å². The van der Waals surface area contributed by atoms with Gasteiger partial charge in [0, 0.05) is 33.9 Å². The maximum atomic E-state index is 2.43. The quantitative estimate of drug-likeness (QED) is 0.164. The summed E-state index contributed by atoms with van der Waals surface area (Å²) in [4.78, 5) is 4.83. The van der Waals surface area contributed by atoms with Gasteiger partial charge in [0.2, 0.25) is 0 Å². The van der Waals surface area contributed by atoms with Crippen LogP contribution in [0.2, 0.25) is 0 Å². The van der Waals surface area contributed by atoms with Gasteiger partial charge in [0.05, 0.1) is 16.8 Å². The Bertz CT molecular complexity index is 3820. The van der Waals surface area contributed by atoms with Crippen molar-refractivity contribution in [3.05, 3.63) is 300 Å². The SMILES string of the molecule is C1=Cc2ccccc2C2(c3ccccc31)c1ccccc1-c1cc(-c3ccc(N(c4ccc(-c5ccccc5)cc4)c4ccc5c(c4)-c4ccccc4-c4ccccc4N5c4ccccc4)cc3)ccc12. The molecule has 0 fully saturated rings. The molecule has 11 aromatic rings. The molecule has 2 nitrogen and oxygen atoms in total. The molecule has 2 aliphatic carbocycles. The van der Waals surface area contributed by atoms with E-state index in [1.807, 2.05) is 0 Å². The first-order valence-corrected chi connectivity index (χ1v) is 24.6. The van der Waals surface area contributed by atoms with Crippen LogP contribution in [0.3, 0.4) is 0 Å². The minimum absolute atomic E-state index is 0.448. The van der Waals surface area contributed by atoms with Crippen molar-refractivity contribution >= 4 is 46.3 Å². The molecule has 0 N–H and O–H groups in total. The van der Waals surface area contributed by atoms with Crippen molar-refractivity contribution in [1.29, 1.82) is 0 Å². The number of anilines is 6. The summed E-state index contributed by atoms with van der Waals surface area (Å²) >= 11 is 0. The molecular weight excluding hydrogens is 857 g/mol. The molecule has 1 aliphatic heterocycles. The highest BCUT2D eigenvalue weighted by Gasteiger charge is 2.48. The molecule has 1 spiro atoms. The molecule has 0 amide bonds. The van der Waals surface area contributed by atoms with Gasteiger partial charge in [-0.1, -0.05) is 212 Å². The maximum Gasteiger partial charge on any atom is 0.0725 e. The lowest BCUT2D eigenvalue weighted by Crippen LogP contribution is -2.29. The fraction of sp³-hybridized carbons (Fsp3) is 0.0145. The Balaban J connectivity index is 0.912. The van der Waals surface area contributed by atoms with Gasteiger partial charge in [-0.2, -0.15) is 0 Å². The van der Waals surface area contributed by atoms with E-state index in [4.69, 9.17) is 0 Å². The zero-order valence-electron chi connectivity index (χ0n) is 39.0. The lowest BCUT2D eigenvalue weighted by atomic mass is 9.66. The van der Waals surface area contributed by atoms with Crippen LogP contribution in [0.5, 0.6) is 0 Å². The van der Waals surface area contributed by atoms with Crippen molar-refractivity contribution in [2.45, 2.75) is 5.41 Å². The van der Waals surface area contributed by atoms with Crippen LogP contribution in [0.25, 0.3) is 67.8 Å². The highest BCUT2D eigenvalue weighted by Crippen LogP contribution is 2.59. The van der Waals surface area contributed by atoms with Crippen LogP contribution in [0.4, 0.5) is 34.1 Å². The predicted octanol–water partition coefficient (Wildman–Crippen LogP) is 18.5. The van der Waals surface area contributed by atoms with Crippen LogP contribution in [0.1, 0.15) is 33.4 Å². The Hall–Kier alpha value is -9.24. The van der Waals surface area contributed by atoms with E-state index in [-0.39, 0.29) is 0 Å². The number of nitrogens with zero attached hydrogens (tertiary/aromatic N) is 2. The molecule has 0 unspecified atom stereocenters. The van der Waals surface area contributed by atoms with E-state index in [1.54, 1.807) is 0 Å². The van der Waals surface area contributed by atoms with Crippen molar-refractivity contribution in [3.8, 4) is 55.6 Å². The molecule has 71 heavy (non-hydrogen) atoms. The Morgan fingerprint density at radius 1 is 0.268 bits per heavy atom. The van der Waals surface area contributed by atoms with Gasteiger partial charge in [-0.05, 0) is 145 Å². The average molecular weight is 903 g/mol. The third-order valence-electron chi connectivity index (χ3n) is 15.1. The summed E-state index contributed by atoms with van der Waals surface area (Å²) in [5, 5.41) is 0. The van der Waals surface area contributed by atoms with Gasteiger partial charge in [0.25, 0.3) is 0 Å². The van der Waals surface area contributed by atoms with Crippen molar-refractivity contribution in [2.24, 2.45) is 0 Å². The molecule has 3 aliphatic rings. The van der Waals surface area contributed by atoms with E-state index in [1.165, 1.54) is 89.0 Å². The van der Waals surface area contributed by atoms with Gasteiger partial charge in [-0.25, -0.2) is 0 Å². The second-order valence-electron chi connectivity index (χ2n) is 18.8. The number of para-hydroxylation sites is 2. The highest BCUT2D eigenvalue weighted by molar-refractivity contribution is 6.04. The van der Waals surface area contributed by atoms with Gasteiger partial charge in [-0.15, -0.1) is 0 Å². The fourth-order valence-electron chi connectivity index (χ4n) is 11.9. The molecule has 11 aromatic carbocycles. The van der Waals surface area contributed by atoms with Crippen LogP contribution < -0.4 is 9.80 Å². The van der Waals surface area contributed by atoms with Crippen LogP contribution in [0, 0.1) is 0 Å². The van der Waals surface area contributed by atoms with Gasteiger partial charge < -0.3 is 9.80 Å². The summed E-state index contributed by atoms with van der Waals surface area (Å²) in [5.41, 5.74) is 26.1. The van der Waals surface area contributed by atoms with Crippen LogP contribution in [-0.4, -0.2) is 0 Å². The average Bonchev–Trinajstić information content (AvgIpc) is 3.56. The molecule has 0 saturated heterocycles. The molecular formula is C69H46N2. The zero-order chi connectivity index (χ0) is 46.9. The van der Waals surface area contributed by atoms with E-state index >= 15 is 0 Å². The molecule has 0 radical (unpaired) electrons. The number of benzene rings is 11. The first-order valence-electron chi connectivity index (χ1n) is 24.6. The zero-order valence-corrected chi connectivity index (χ0v) is 39.0. The van der Waals surface area contributed by atoms with E-state index in [2.05, 4.69) is 289 Å². The van der Waals surface area contributed by atoms with Gasteiger partial charge >= 0.3 is 0 Å². The predicted molar refractivity (Wildman–Crippen MR) is 297 cm³/mol. The summed E-state index contributed by atoms with van der Waals surface area (Å²) in [5.74, 6) is 0. The lowest BCUT2D eigenvalue weighted by molar-refractivity contribution is 0.766. The van der Waals surface area contributed by atoms with Gasteiger partial charge in [-0.3, -0.25) is 0 Å². The molecule has 0 bridgehead atoms. The molecule has 2 heteroatoms. The summed E-state index contributed by atoms with van der Waals surface area (Å²) < 4.78 is 0. The Morgan fingerprint density at radius 3 is 1.38 bits per heavy atom. The lowest BCUT2D eigenvalue weighted by Gasteiger charge is -2.35. The molecule has 0 saturated carbocycles. The topological polar surface area (TPSA) is 6.48 Å². The number of hydrogen-bond acceptors (Lipinski definition) is 2. The first kappa shape index (κ1) is 40.8. The van der Waals surface area contributed by atoms with Crippen molar-refractivity contribution in [3.63, 3.8) is 0 Å². The highest BCUT2D eigenvalue weighted by atomic mass is 15.2. The number of rotatable bonds is 6. The number of hydrogen-bond donors (Lipinski definition) is 0. The second kappa shape index (κ2) is 16.5. The molecule has 0 atom stereocenters. The van der Waals surface area contributed by atoms with Gasteiger partial charge in [0.1, 0.15) is 0 Å².